The molecule has 0 aromatic heterocycles. The van der Waals surface area contributed by atoms with Crippen molar-refractivity contribution in [2.75, 3.05) is 14.2 Å². The maximum atomic E-state index is 13.4. The van der Waals surface area contributed by atoms with E-state index in [0.29, 0.717) is 24.8 Å². The van der Waals surface area contributed by atoms with E-state index >= 15 is 0 Å². The van der Waals surface area contributed by atoms with Crippen molar-refractivity contribution in [1.82, 2.24) is 5.06 Å². The van der Waals surface area contributed by atoms with Gasteiger partial charge < -0.3 is 14.9 Å². The van der Waals surface area contributed by atoms with Crippen LogP contribution in [0.1, 0.15) is 41.6 Å². The van der Waals surface area contributed by atoms with Crippen LogP contribution in [0.5, 0.6) is 11.5 Å². The number of allylic oxidation sites excluding steroid dienone is 5. The van der Waals surface area contributed by atoms with Gasteiger partial charge in [-0.25, -0.2) is 9.86 Å². The van der Waals surface area contributed by atoms with Gasteiger partial charge in [0.25, 0.3) is 0 Å². The molecule has 1 saturated carbocycles. The fraction of sp³-hybridized carbons (Fsp3) is 0.385. The van der Waals surface area contributed by atoms with Crippen LogP contribution in [0.3, 0.4) is 0 Å². The van der Waals surface area contributed by atoms with Crippen LogP contribution in [-0.4, -0.2) is 46.9 Å². The van der Waals surface area contributed by atoms with Crippen LogP contribution >= 0.6 is 0 Å². The summed E-state index contributed by atoms with van der Waals surface area (Å²) in [5, 5.41) is 21.9. The van der Waals surface area contributed by atoms with Crippen molar-refractivity contribution >= 4 is 11.9 Å². The molecule has 3 aliphatic rings. The van der Waals surface area contributed by atoms with E-state index in [-0.39, 0.29) is 41.2 Å². The Morgan fingerprint density at radius 1 is 1.24 bits per heavy atom. The third kappa shape index (κ3) is 4.59. The first-order chi connectivity index (χ1) is 15.9. The number of hydroxylamine groups is 2. The molecule has 7 heteroatoms. The molecule has 0 radical (unpaired) electrons. The Hall–Kier alpha value is -3.32. The number of hydrogen-bond donors (Lipinski definition) is 2. The van der Waals surface area contributed by atoms with E-state index in [1.165, 1.54) is 18.2 Å². The van der Waals surface area contributed by atoms with Gasteiger partial charge in [0.2, 0.25) is 5.91 Å². The van der Waals surface area contributed by atoms with Crippen molar-refractivity contribution in [2.24, 2.45) is 11.8 Å². The number of rotatable bonds is 3. The molecular weight excluding hydrogens is 422 g/mol. The maximum absolute atomic E-state index is 13.4. The van der Waals surface area contributed by atoms with Gasteiger partial charge in [0.1, 0.15) is 22.7 Å². The van der Waals surface area contributed by atoms with Crippen molar-refractivity contribution in [1.29, 1.82) is 0 Å². The monoisotopic (exact) mass is 451 g/mol. The number of esters is 1. The number of fused-ring (bicyclic) bond motifs is 4. The van der Waals surface area contributed by atoms with Gasteiger partial charge >= 0.3 is 5.97 Å². The molecule has 4 rings (SSSR count). The number of phenolic OH excluding ortho intramolecular Hbond substituents is 2. The average molecular weight is 452 g/mol. The molecule has 1 spiro atoms. The minimum atomic E-state index is -0.772. The molecule has 174 valence electrons. The third-order valence-electron chi connectivity index (χ3n) is 6.63. The summed E-state index contributed by atoms with van der Waals surface area (Å²) in [7, 11) is 2.98. The molecule has 33 heavy (non-hydrogen) atoms. The maximum Gasteiger partial charge on any atom is 0.343 e. The Bertz CT molecular complexity index is 1070. The summed E-state index contributed by atoms with van der Waals surface area (Å²) in [5.41, 5.74) is 0.747. The second-order valence-corrected chi connectivity index (χ2v) is 8.75. The van der Waals surface area contributed by atoms with Gasteiger partial charge in [-0.15, -0.1) is 0 Å². The molecule has 1 fully saturated rings. The quantitative estimate of drug-likeness (QED) is 0.410. The fourth-order valence-corrected chi connectivity index (χ4v) is 4.77. The molecule has 2 N–H and O–H groups in total. The third-order valence-corrected chi connectivity index (χ3v) is 6.63. The minimum absolute atomic E-state index is 0.0123. The van der Waals surface area contributed by atoms with Gasteiger partial charge in [-0.05, 0) is 42.4 Å². The van der Waals surface area contributed by atoms with E-state index in [4.69, 9.17) is 9.57 Å². The van der Waals surface area contributed by atoms with Crippen molar-refractivity contribution < 1.29 is 29.4 Å². The number of phenols is 2. The molecule has 1 aromatic carbocycles. The minimum Gasteiger partial charge on any atom is -0.508 e. The smallest absolute Gasteiger partial charge is 0.343 e. The van der Waals surface area contributed by atoms with Crippen molar-refractivity contribution in [3.63, 3.8) is 0 Å². The van der Waals surface area contributed by atoms with Crippen LogP contribution in [-0.2, 0) is 20.8 Å². The van der Waals surface area contributed by atoms with Gasteiger partial charge in [0.15, 0.2) is 0 Å². The lowest BCUT2D eigenvalue weighted by Gasteiger charge is -2.23. The van der Waals surface area contributed by atoms with E-state index in [0.717, 1.165) is 18.1 Å². The van der Waals surface area contributed by atoms with E-state index < -0.39 is 11.6 Å². The Labute approximate surface area is 193 Å². The molecule has 7 nitrogen and oxygen atoms in total. The molecule has 0 saturated heterocycles. The molecule has 0 bridgehead atoms. The lowest BCUT2D eigenvalue weighted by atomic mass is 9.88. The number of amides is 1. The second-order valence-electron chi connectivity index (χ2n) is 8.75. The Morgan fingerprint density at radius 2 is 2.06 bits per heavy atom. The molecule has 1 amide bonds. The molecule has 2 unspecified atom stereocenters. The van der Waals surface area contributed by atoms with E-state index in [9.17, 15) is 19.8 Å². The lowest BCUT2D eigenvalue weighted by molar-refractivity contribution is -0.169. The summed E-state index contributed by atoms with van der Waals surface area (Å²) < 4.78 is 6.06. The number of aromatic hydroxyl groups is 2. The van der Waals surface area contributed by atoms with E-state index in [1.54, 1.807) is 7.05 Å². The number of ether oxygens (including phenoxy) is 1. The molecule has 1 aromatic rings. The SMILES string of the molecule is CON(C)C(=O)CC1CC/C=C/C[C@@]2(OC(=O)c3c(O)cc(O)cc3C1)C1=CC=CC=CC12. The highest BCUT2D eigenvalue weighted by atomic mass is 16.7. The van der Waals surface area contributed by atoms with Crippen LogP contribution in [0.25, 0.3) is 0 Å². The van der Waals surface area contributed by atoms with Crippen LogP contribution < -0.4 is 0 Å². The summed E-state index contributed by atoms with van der Waals surface area (Å²) in [6.07, 6.45) is 16.4. The topological polar surface area (TPSA) is 96.3 Å². The standard InChI is InChI=1S/C26H29NO6/c1-27(32-2)23(30)14-17-9-5-4-8-12-26(20-10-6-3-7-11-21(20)26)33-25(31)24-18(13-17)15-19(28)16-22(24)29/h3-4,6-8,10-11,15-17,20,28-29H,5,9,12-14H2,1-2H3/b8-4+/t17?,20?,26-/m0/s1. The molecule has 3 atom stereocenters. The summed E-state index contributed by atoms with van der Waals surface area (Å²) in [6.45, 7) is 0. The highest BCUT2D eigenvalue weighted by Crippen LogP contribution is 2.57. The first-order valence-corrected chi connectivity index (χ1v) is 11.1. The molecular formula is C26H29NO6. The number of carbonyl (C=O) groups is 2. The van der Waals surface area contributed by atoms with Crippen LogP contribution in [0.15, 0.2) is 60.2 Å². The number of carbonyl (C=O) groups excluding carboxylic acids is 2. The Morgan fingerprint density at radius 3 is 2.85 bits per heavy atom. The normalized spacial score (nSPS) is 27.2. The predicted molar refractivity (Wildman–Crippen MR) is 122 cm³/mol. The zero-order valence-corrected chi connectivity index (χ0v) is 18.9. The highest BCUT2D eigenvalue weighted by molar-refractivity contribution is 5.95. The zero-order valence-electron chi connectivity index (χ0n) is 18.9. The van der Waals surface area contributed by atoms with Gasteiger partial charge in [-0.3, -0.25) is 9.63 Å². The molecule has 1 heterocycles. The van der Waals surface area contributed by atoms with Gasteiger partial charge in [0.05, 0.1) is 7.11 Å². The van der Waals surface area contributed by atoms with Gasteiger partial charge in [-0.2, -0.15) is 0 Å². The van der Waals surface area contributed by atoms with Crippen LogP contribution in [0, 0.1) is 11.8 Å². The average Bonchev–Trinajstić information content (AvgIpc) is 3.42. The van der Waals surface area contributed by atoms with Gasteiger partial charge in [-0.1, -0.05) is 42.5 Å². The van der Waals surface area contributed by atoms with Crippen LogP contribution in [0.2, 0.25) is 0 Å². The largest absolute Gasteiger partial charge is 0.508 e. The molecule has 1 aliphatic heterocycles. The Balaban J connectivity index is 1.69. The lowest BCUT2D eigenvalue weighted by Crippen LogP contribution is -2.28. The Kier molecular flexibility index (Phi) is 6.42. The van der Waals surface area contributed by atoms with Crippen LogP contribution in [0.4, 0.5) is 0 Å². The summed E-state index contributed by atoms with van der Waals surface area (Å²) in [4.78, 5) is 30.8. The van der Waals surface area contributed by atoms with Gasteiger partial charge in [0, 0.05) is 31.9 Å². The number of nitrogens with zero attached hydrogens (tertiary/aromatic N) is 1. The van der Waals surface area contributed by atoms with E-state index in [2.05, 4.69) is 6.08 Å². The van der Waals surface area contributed by atoms with Crippen molar-refractivity contribution in [3.05, 3.63) is 71.4 Å². The first kappa shape index (κ1) is 22.9. The summed E-state index contributed by atoms with van der Waals surface area (Å²) >= 11 is 0. The fourth-order valence-electron chi connectivity index (χ4n) is 4.77. The summed E-state index contributed by atoms with van der Waals surface area (Å²) in [6, 6.07) is 2.61. The molecule has 2 aliphatic carbocycles. The zero-order chi connectivity index (χ0) is 23.6. The first-order valence-electron chi connectivity index (χ1n) is 11.1. The number of benzene rings is 1. The van der Waals surface area contributed by atoms with E-state index in [1.807, 2.05) is 36.5 Å². The van der Waals surface area contributed by atoms with Crippen molar-refractivity contribution in [3.8, 4) is 11.5 Å². The predicted octanol–water partition coefficient (Wildman–Crippen LogP) is 3.98. The summed E-state index contributed by atoms with van der Waals surface area (Å²) in [5.74, 6) is -1.43. The second kappa shape index (κ2) is 9.27. The highest BCUT2D eigenvalue weighted by Gasteiger charge is 2.61. The number of hydrogen-bond acceptors (Lipinski definition) is 6. The van der Waals surface area contributed by atoms with Crippen molar-refractivity contribution in [2.45, 2.75) is 37.7 Å².